The minimum absolute atomic E-state index is 0.229. The maximum atomic E-state index is 12.5. The van der Waals surface area contributed by atoms with E-state index in [4.69, 9.17) is 5.73 Å². The van der Waals surface area contributed by atoms with Gasteiger partial charge in [-0.05, 0) is 50.1 Å². The second-order valence-corrected chi connectivity index (χ2v) is 6.34. The molecule has 0 saturated carbocycles. The third kappa shape index (κ3) is 2.75. The Kier molecular flexibility index (Phi) is 3.67. The predicted molar refractivity (Wildman–Crippen MR) is 80.1 cm³/mol. The van der Waals surface area contributed by atoms with Gasteiger partial charge in [-0.2, -0.15) is 0 Å². The van der Waals surface area contributed by atoms with Gasteiger partial charge >= 0.3 is 0 Å². The van der Waals surface area contributed by atoms with Gasteiger partial charge in [0.05, 0.1) is 10.6 Å². The molecule has 0 aliphatic carbocycles. The highest BCUT2D eigenvalue weighted by Gasteiger charge is 2.21. The Hall–Kier alpha value is -2.08. The summed E-state index contributed by atoms with van der Waals surface area (Å²) in [6.45, 7) is 5.25. The van der Waals surface area contributed by atoms with Gasteiger partial charge in [0.25, 0.3) is 10.0 Å². The summed E-state index contributed by atoms with van der Waals surface area (Å²) in [5, 5.41) is 0. The molecule has 6 heteroatoms. The van der Waals surface area contributed by atoms with Crippen LogP contribution in [-0.4, -0.2) is 13.4 Å². The van der Waals surface area contributed by atoms with Crippen molar-refractivity contribution in [1.29, 1.82) is 0 Å². The van der Waals surface area contributed by atoms with Gasteiger partial charge in [0.1, 0.15) is 0 Å². The number of nitrogens with one attached hydrogen (secondary N) is 1. The third-order valence-electron chi connectivity index (χ3n) is 3.06. The summed E-state index contributed by atoms with van der Waals surface area (Å²) in [6, 6.07) is 6.70. The lowest BCUT2D eigenvalue weighted by Crippen LogP contribution is -2.16. The summed E-state index contributed by atoms with van der Waals surface area (Å²) >= 11 is 0. The highest BCUT2D eigenvalue weighted by atomic mass is 32.2. The molecule has 2 aromatic rings. The van der Waals surface area contributed by atoms with Crippen LogP contribution in [0, 0.1) is 20.8 Å². The molecule has 20 heavy (non-hydrogen) atoms. The maximum absolute atomic E-state index is 12.5. The first kappa shape index (κ1) is 14.3. The van der Waals surface area contributed by atoms with Crippen LogP contribution in [0.1, 0.15) is 16.8 Å². The topological polar surface area (TPSA) is 85.1 Å². The number of aromatic nitrogens is 1. The normalized spacial score (nSPS) is 11.3. The second kappa shape index (κ2) is 5.13. The lowest BCUT2D eigenvalue weighted by atomic mass is 10.1. The third-order valence-corrected chi connectivity index (χ3v) is 4.73. The summed E-state index contributed by atoms with van der Waals surface area (Å²) < 4.78 is 27.6. The Balaban J connectivity index is 2.49. The van der Waals surface area contributed by atoms with E-state index in [-0.39, 0.29) is 4.90 Å². The zero-order valence-electron chi connectivity index (χ0n) is 11.6. The van der Waals surface area contributed by atoms with E-state index in [1.165, 1.54) is 0 Å². The molecular formula is C14H17N3O2S. The van der Waals surface area contributed by atoms with Crippen molar-refractivity contribution in [3.05, 3.63) is 47.3 Å². The largest absolute Gasteiger partial charge is 0.398 e. The average molecular weight is 291 g/mol. The Morgan fingerprint density at radius 2 is 1.85 bits per heavy atom. The maximum Gasteiger partial charge on any atom is 0.262 e. The van der Waals surface area contributed by atoms with Crippen molar-refractivity contribution in [2.24, 2.45) is 0 Å². The summed E-state index contributed by atoms with van der Waals surface area (Å²) in [5.41, 5.74) is 8.71. The van der Waals surface area contributed by atoms with Crippen molar-refractivity contribution in [2.75, 3.05) is 10.5 Å². The van der Waals surface area contributed by atoms with Gasteiger partial charge in [-0.1, -0.05) is 6.07 Å². The minimum Gasteiger partial charge on any atom is -0.398 e. The molecule has 0 saturated heterocycles. The van der Waals surface area contributed by atoms with E-state index >= 15 is 0 Å². The van der Waals surface area contributed by atoms with Crippen molar-refractivity contribution in [2.45, 2.75) is 25.7 Å². The fourth-order valence-corrected chi connectivity index (χ4v) is 3.62. The molecule has 0 fully saturated rings. The van der Waals surface area contributed by atoms with E-state index in [2.05, 4.69) is 9.71 Å². The van der Waals surface area contributed by atoms with Crippen LogP contribution in [0.25, 0.3) is 0 Å². The van der Waals surface area contributed by atoms with Gasteiger partial charge in [0.15, 0.2) is 0 Å². The number of pyridine rings is 1. The zero-order valence-corrected chi connectivity index (χ0v) is 12.5. The van der Waals surface area contributed by atoms with Gasteiger partial charge in [0.2, 0.25) is 0 Å². The number of sulfonamides is 1. The first-order valence-corrected chi connectivity index (χ1v) is 7.61. The van der Waals surface area contributed by atoms with Crippen LogP contribution in [0.3, 0.4) is 0 Å². The number of anilines is 2. The van der Waals surface area contributed by atoms with Gasteiger partial charge in [0, 0.05) is 17.6 Å². The molecule has 1 heterocycles. The first-order chi connectivity index (χ1) is 9.31. The van der Waals surface area contributed by atoms with E-state index in [1.54, 1.807) is 51.2 Å². The monoisotopic (exact) mass is 291 g/mol. The highest BCUT2D eigenvalue weighted by molar-refractivity contribution is 7.92. The fraction of sp³-hybridized carbons (Fsp3) is 0.214. The molecule has 2 rings (SSSR count). The lowest BCUT2D eigenvalue weighted by molar-refractivity contribution is 0.600. The molecule has 0 aliphatic heterocycles. The molecule has 3 N–H and O–H groups in total. The summed E-state index contributed by atoms with van der Waals surface area (Å²) in [6.07, 6.45) is 1.56. The molecule has 0 atom stereocenters. The SMILES string of the molecule is Cc1cc(NS(=O)(=O)c2c(C)ccc(N)c2C)ccn1. The van der Waals surface area contributed by atoms with Crippen molar-refractivity contribution < 1.29 is 8.42 Å². The first-order valence-electron chi connectivity index (χ1n) is 6.12. The Labute approximate surface area is 118 Å². The van der Waals surface area contributed by atoms with Crippen molar-refractivity contribution in [3.63, 3.8) is 0 Å². The molecule has 1 aromatic carbocycles. The number of nitrogen functional groups attached to an aromatic ring is 1. The fourth-order valence-electron chi connectivity index (χ4n) is 2.07. The molecule has 0 unspecified atom stereocenters. The lowest BCUT2D eigenvalue weighted by Gasteiger charge is -2.14. The molecule has 0 bridgehead atoms. The van der Waals surface area contributed by atoms with Crippen LogP contribution in [0.4, 0.5) is 11.4 Å². The van der Waals surface area contributed by atoms with Crippen LogP contribution in [-0.2, 0) is 10.0 Å². The van der Waals surface area contributed by atoms with Crippen LogP contribution < -0.4 is 10.5 Å². The number of hydrogen-bond donors (Lipinski definition) is 2. The number of nitrogens with two attached hydrogens (primary N) is 1. The molecule has 0 spiro atoms. The molecule has 1 aromatic heterocycles. The summed E-state index contributed by atoms with van der Waals surface area (Å²) in [4.78, 5) is 4.27. The second-order valence-electron chi connectivity index (χ2n) is 4.72. The zero-order chi connectivity index (χ0) is 14.9. The molecule has 0 amide bonds. The minimum atomic E-state index is -3.67. The Morgan fingerprint density at radius 1 is 1.15 bits per heavy atom. The van der Waals surface area contributed by atoms with Crippen molar-refractivity contribution in [1.82, 2.24) is 4.98 Å². The Morgan fingerprint density at radius 3 is 2.50 bits per heavy atom. The van der Waals surface area contributed by atoms with Crippen molar-refractivity contribution in [3.8, 4) is 0 Å². The van der Waals surface area contributed by atoms with Crippen LogP contribution in [0.2, 0.25) is 0 Å². The van der Waals surface area contributed by atoms with E-state index in [0.29, 0.717) is 22.5 Å². The van der Waals surface area contributed by atoms with E-state index in [1.807, 2.05) is 0 Å². The van der Waals surface area contributed by atoms with Gasteiger partial charge < -0.3 is 5.73 Å². The Bertz CT molecular complexity index is 755. The number of aryl methyl sites for hydroxylation is 2. The van der Waals surface area contributed by atoms with E-state index in [0.717, 1.165) is 5.69 Å². The predicted octanol–water partition coefficient (Wildman–Crippen LogP) is 2.39. The highest BCUT2D eigenvalue weighted by Crippen LogP contribution is 2.26. The van der Waals surface area contributed by atoms with Crippen LogP contribution >= 0.6 is 0 Å². The number of hydrogen-bond acceptors (Lipinski definition) is 4. The summed E-state index contributed by atoms with van der Waals surface area (Å²) in [5.74, 6) is 0. The smallest absolute Gasteiger partial charge is 0.262 e. The molecule has 0 aliphatic rings. The van der Waals surface area contributed by atoms with Crippen LogP contribution in [0.15, 0.2) is 35.4 Å². The van der Waals surface area contributed by atoms with E-state index in [9.17, 15) is 8.42 Å². The molecule has 0 radical (unpaired) electrons. The summed E-state index contributed by atoms with van der Waals surface area (Å²) in [7, 11) is -3.67. The molecular weight excluding hydrogens is 274 g/mol. The van der Waals surface area contributed by atoms with E-state index < -0.39 is 10.0 Å². The van der Waals surface area contributed by atoms with Crippen LogP contribution in [0.5, 0.6) is 0 Å². The standard InChI is InChI=1S/C14H17N3O2S/c1-9-4-5-13(15)11(3)14(9)20(18,19)17-12-6-7-16-10(2)8-12/h4-8H,15H2,1-3H3,(H,16,17). The number of benzene rings is 1. The number of nitrogens with zero attached hydrogens (tertiary/aromatic N) is 1. The van der Waals surface area contributed by atoms with Gasteiger partial charge in [-0.3, -0.25) is 9.71 Å². The van der Waals surface area contributed by atoms with Crippen molar-refractivity contribution >= 4 is 21.4 Å². The van der Waals surface area contributed by atoms with Gasteiger partial charge in [-0.25, -0.2) is 8.42 Å². The molecule has 5 nitrogen and oxygen atoms in total. The quantitative estimate of drug-likeness (QED) is 0.850. The van der Waals surface area contributed by atoms with Gasteiger partial charge in [-0.15, -0.1) is 0 Å². The molecule has 106 valence electrons. The average Bonchev–Trinajstić information content (AvgIpc) is 2.33. The number of rotatable bonds is 3.